The van der Waals surface area contributed by atoms with Crippen LogP contribution in [0.3, 0.4) is 0 Å². The van der Waals surface area contributed by atoms with Crippen LogP contribution in [-0.4, -0.2) is 0 Å². The van der Waals surface area contributed by atoms with E-state index in [9.17, 15) is 0 Å². The summed E-state index contributed by atoms with van der Waals surface area (Å²) >= 11 is 0. The molecular weight excluding hydrogens is 593 g/mol. The highest BCUT2D eigenvalue weighted by Gasteiger charge is 2.18. The molecule has 0 aliphatic rings. The van der Waals surface area contributed by atoms with Gasteiger partial charge in [-0.1, -0.05) is 164 Å². The second kappa shape index (κ2) is 20.9. The summed E-state index contributed by atoms with van der Waals surface area (Å²) in [5, 5.41) is 0. The van der Waals surface area contributed by atoms with Gasteiger partial charge in [0.1, 0.15) is 0 Å². The van der Waals surface area contributed by atoms with Gasteiger partial charge in [0, 0.05) is 23.2 Å². The van der Waals surface area contributed by atoms with Crippen LogP contribution in [0.4, 0.5) is 11.4 Å². The van der Waals surface area contributed by atoms with Crippen molar-refractivity contribution in [1.29, 1.82) is 0 Å². The molecule has 0 aromatic heterocycles. The molecule has 2 unspecified atom stereocenters. The number of benzene rings is 4. The van der Waals surface area contributed by atoms with Gasteiger partial charge in [-0.15, -0.1) is 0 Å². The Bertz CT molecular complexity index is 1390. The van der Waals surface area contributed by atoms with Gasteiger partial charge in [0.15, 0.2) is 0 Å². The van der Waals surface area contributed by atoms with Crippen molar-refractivity contribution in [2.45, 2.75) is 149 Å². The van der Waals surface area contributed by atoms with Crippen LogP contribution in [0.25, 0.3) is 0 Å². The van der Waals surface area contributed by atoms with Gasteiger partial charge in [0.05, 0.1) is 0 Å². The zero-order valence-corrected chi connectivity index (χ0v) is 31.4. The van der Waals surface area contributed by atoms with Crippen molar-refractivity contribution >= 4 is 11.4 Å². The van der Waals surface area contributed by atoms with E-state index in [4.69, 9.17) is 11.5 Å². The number of unbranched alkanes of at least 4 members (excludes halogenated alkanes) is 12. The van der Waals surface area contributed by atoms with E-state index >= 15 is 0 Å². The zero-order valence-electron chi connectivity index (χ0n) is 31.4. The highest BCUT2D eigenvalue weighted by Crippen LogP contribution is 2.35. The van der Waals surface area contributed by atoms with Crippen molar-refractivity contribution in [1.82, 2.24) is 0 Å². The van der Waals surface area contributed by atoms with Crippen LogP contribution >= 0.6 is 0 Å². The van der Waals surface area contributed by atoms with Gasteiger partial charge >= 0.3 is 0 Å². The largest absolute Gasteiger partial charge is 0.399 e. The molecule has 264 valence electrons. The van der Waals surface area contributed by atoms with Crippen molar-refractivity contribution in [2.24, 2.45) is 0 Å². The lowest BCUT2D eigenvalue weighted by molar-refractivity contribution is 0.558. The third kappa shape index (κ3) is 12.4. The van der Waals surface area contributed by atoms with Crippen LogP contribution in [0.15, 0.2) is 84.9 Å². The molecule has 4 aromatic rings. The van der Waals surface area contributed by atoms with Gasteiger partial charge in [0.2, 0.25) is 0 Å². The summed E-state index contributed by atoms with van der Waals surface area (Å²) in [5.41, 5.74) is 25.0. The topological polar surface area (TPSA) is 52.0 Å². The van der Waals surface area contributed by atoms with E-state index in [0.29, 0.717) is 11.8 Å². The molecule has 0 fully saturated rings. The smallest absolute Gasteiger partial charge is 0.0316 e. The van der Waals surface area contributed by atoms with Crippen molar-refractivity contribution in [3.05, 3.63) is 129 Å². The first-order valence-electron chi connectivity index (χ1n) is 19.8. The molecule has 4 aromatic carbocycles. The maximum absolute atomic E-state index is 6.15. The van der Waals surface area contributed by atoms with Gasteiger partial charge < -0.3 is 11.5 Å². The Morgan fingerprint density at radius 2 is 0.776 bits per heavy atom. The Balaban J connectivity index is 1.42. The monoisotopic (exact) mass is 659 g/mol. The summed E-state index contributed by atoms with van der Waals surface area (Å²) in [4.78, 5) is 0. The minimum absolute atomic E-state index is 0.412. The fourth-order valence-corrected chi connectivity index (χ4v) is 7.77. The van der Waals surface area contributed by atoms with Crippen molar-refractivity contribution in [3.63, 3.8) is 0 Å². The highest BCUT2D eigenvalue weighted by molar-refractivity contribution is 5.49. The fraction of sp³-hybridized carbons (Fsp3) is 0.489. The van der Waals surface area contributed by atoms with Gasteiger partial charge in [0.25, 0.3) is 0 Å². The highest BCUT2D eigenvalue weighted by atomic mass is 14.5. The summed E-state index contributed by atoms with van der Waals surface area (Å²) in [7, 11) is 0. The number of nitrogens with two attached hydrogens (primary N) is 2. The maximum atomic E-state index is 6.15. The van der Waals surface area contributed by atoms with E-state index < -0.39 is 0 Å². The summed E-state index contributed by atoms with van der Waals surface area (Å²) in [5.74, 6) is 0.823. The second-order valence-electron chi connectivity index (χ2n) is 14.8. The van der Waals surface area contributed by atoms with Crippen LogP contribution < -0.4 is 11.5 Å². The molecule has 0 amide bonds. The molecular formula is C47H66N2. The quantitative estimate of drug-likeness (QED) is 0.0652. The molecule has 4 N–H and O–H groups in total. The van der Waals surface area contributed by atoms with Crippen LogP contribution in [0, 0.1) is 13.8 Å². The first-order chi connectivity index (χ1) is 23.9. The predicted molar refractivity (Wildman–Crippen MR) is 216 cm³/mol. The Morgan fingerprint density at radius 3 is 1.12 bits per heavy atom. The van der Waals surface area contributed by atoms with Gasteiger partial charge in [-0.3, -0.25) is 0 Å². The van der Waals surface area contributed by atoms with Gasteiger partial charge in [-0.25, -0.2) is 0 Å². The summed E-state index contributed by atoms with van der Waals surface area (Å²) in [6.07, 6.45) is 22.1. The van der Waals surface area contributed by atoms with E-state index in [1.165, 1.54) is 147 Å². The fourth-order valence-electron chi connectivity index (χ4n) is 7.77. The lowest BCUT2D eigenvalue weighted by Gasteiger charge is -2.22. The number of hydrogen-bond donors (Lipinski definition) is 2. The van der Waals surface area contributed by atoms with E-state index in [-0.39, 0.29) is 0 Å². The van der Waals surface area contributed by atoms with Crippen LogP contribution in [0.2, 0.25) is 0 Å². The molecule has 0 spiro atoms. The van der Waals surface area contributed by atoms with E-state index in [1.807, 2.05) is 0 Å². The molecule has 4 rings (SSSR count). The normalized spacial score (nSPS) is 12.7. The Hall–Kier alpha value is -3.52. The summed E-state index contributed by atoms with van der Waals surface area (Å²) < 4.78 is 0. The number of aryl methyl sites for hydroxylation is 2. The average molecular weight is 659 g/mol. The third-order valence-corrected chi connectivity index (χ3v) is 10.7. The average Bonchev–Trinajstić information content (AvgIpc) is 3.09. The van der Waals surface area contributed by atoms with Gasteiger partial charge in [-0.2, -0.15) is 0 Å². The molecule has 0 bridgehead atoms. The van der Waals surface area contributed by atoms with E-state index in [1.54, 1.807) is 0 Å². The number of hydrogen-bond acceptors (Lipinski definition) is 2. The predicted octanol–water partition coefficient (Wildman–Crippen LogP) is 13.6. The Labute approximate surface area is 300 Å². The van der Waals surface area contributed by atoms with Crippen molar-refractivity contribution in [2.75, 3.05) is 11.5 Å². The first kappa shape index (κ1) is 38.3. The number of rotatable bonds is 22. The molecule has 0 radical (unpaired) electrons. The minimum Gasteiger partial charge on any atom is -0.399 e. The minimum atomic E-state index is 0.412. The molecule has 0 heterocycles. The van der Waals surface area contributed by atoms with Crippen LogP contribution in [0.1, 0.15) is 173 Å². The zero-order chi connectivity index (χ0) is 34.8. The lowest BCUT2D eigenvalue weighted by Crippen LogP contribution is -2.05. The molecule has 0 aliphatic carbocycles. The molecule has 0 saturated heterocycles. The molecule has 0 saturated carbocycles. The van der Waals surface area contributed by atoms with Crippen LogP contribution in [-0.2, 0) is 6.42 Å². The lowest BCUT2D eigenvalue weighted by atomic mass is 9.83. The number of anilines is 2. The van der Waals surface area contributed by atoms with Crippen molar-refractivity contribution < 1.29 is 0 Å². The Kier molecular flexibility index (Phi) is 16.3. The number of nitrogen functional groups attached to an aromatic ring is 2. The Morgan fingerprint density at radius 1 is 0.429 bits per heavy atom. The van der Waals surface area contributed by atoms with Gasteiger partial charge in [-0.05, 0) is 102 Å². The molecule has 2 heteroatoms. The SMILES string of the molecule is CCCCCCCCCC(c1ccc(Cc2ccc(C(CCCCCCCCC)c3ccc(N)cc3C)cc2)cc1)c1ccc(N)cc1C. The summed E-state index contributed by atoms with van der Waals surface area (Å²) in [6.45, 7) is 9.02. The third-order valence-electron chi connectivity index (χ3n) is 10.7. The summed E-state index contributed by atoms with van der Waals surface area (Å²) in [6, 6.07) is 31.9. The molecule has 0 aliphatic heterocycles. The molecule has 2 nitrogen and oxygen atoms in total. The first-order valence-corrected chi connectivity index (χ1v) is 19.8. The standard InChI is InChI=1S/C47H66N2/c1-5-7-9-11-13-15-17-19-46(44-31-29-42(48)33-36(44)3)40-25-21-38(22-26-40)35-39-23-27-41(28-24-39)47(20-18-16-14-12-10-8-6-2)45-32-30-43(49)34-37(45)4/h21-34,46-47H,5-20,35,48-49H2,1-4H3. The molecule has 49 heavy (non-hydrogen) atoms. The van der Waals surface area contributed by atoms with E-state index in [0.717, 1.165) is 17.8 Å². The van der Waals surface area contributed by atoms with Crippen LogP contribution in [0.5, 0.6) is 0 Å². The van der Waals surface area contributed by atoms with E-state index in [2.05, 4.69) is 113 Å². The molecule has 2 atom stereocenters. The second-order valence-corrected chi connectivity index (χ2v) is 14.8. The van der Waals surface area contributed by atoms with Crippen molar-refractivity contribution in [3.8, 4) is 0 Å². The maximum Gasteiger partial charge on any atom is 0.0316 e.